The van der Waals surface area contributed by atoms with Crippen LogP contribution in [-0.2, 0) is 38.6 Å². The molecule has 13 nitrogen and oxygen atoms in total. The molecule has 3 aromatic rings. The van der Waals surface area contributed by atoms with Crippen molar-refractivity contribution in [1.29, 1.82) is 0 Å². The average Bonchev–Trinajstić information content (AvgIpc) is 3.88. The zero-order chi connectivity index (χ0) is 36.9. The zero-order valence-electron chi connectivity index (χ0n) is 29.7. The summed E-state index contributed by atoms with van der Waals surface area (Å²) in [5.41, 5.74) is 2.15. The quantitative estimate of drug-likeness (QED) is 0.104. The number of carbonyl (C=O) groups excluding carboxylic acids is 4. The molecule has 0 radical (unpaired) electrons. The molecule has 7 N–H and O–H groups in total. The number of nitrogens with zero attached hydrogens (tertiary/aromatic N) is 1. The van der Waals surface area contributed by atoms with Gasteiger partial charge in [0.15, 0.2) is 0 Å². The minimum absolute atomic E-state index is 0.00575. The molecule has 0 bridgehead atoms. The molecule has 6 atom stereocenters. The largest absolute Gasteiger partial charge is 0.445 e. The second kappa shape index (κ2) is 19.2. The van der Waals surface area contributed by atoms with Gasteiger partial charge in [0.25, 0.3) is 0 Å². The van der Waals surface area contributed by atoms with Crippen LogP contribution in [0, 0.1) is 11.8 Å². The number of H-pyrrole nitrogens is 1. The number of ether oxygens (including phenoxy) is 1. The number of imidazole rings is 1. The van der Waals surface area contributed by atoms with Crippen LogP contribution < -0.4 is 21.3 Å². The van der Waals surface area contributed by atoms with E-state index in [1.54, 1.807) is 6.20 Å². The van der Waals surface area contributed by atoms with E-state index in [9.17, 15) is 29.4 Å². The van der Waals surface area contributed by atoms with E-state index in [1.807, 2.05) is 60.7 Å². The predicted molar refractivity (Wildman–Crippen MR) is 193 cm³/mol. The number of carbonyl (C=O) groups is 4. The van der Waals surface area contributed by atoms with Gasteiger partial charge >= 0.3 is 6.09 Å². The van der Waals surface area contributed by atoms with Crippen molar-refractivity contribution < 1.29 is 34.1 Å². The summed E-state index contributed by atoms with van der Waals surface area (Å²) in [6, 6.07) is 14.3. The lowest BCUT2D eigenvalue weighted by Gasteiger charge is -2.33. The highest BCUT2D eigenvalue weighted by Crippen LogP contribution is 2.36. The summed E-state index contributed by atoms with van der Waals surface area (Å²) < 4.78 is 5.26. The van der Waals surface area contributed by atoms with Crippen molar-refractivity contribution in [2.45, 2.75) is 114 Å². The Morgan fingerprint density at radius 2 is 1.40 bits per heavy atom. The molecule has 2 saturated carbocycles. The number of aliphatic hydroxyl groups excluding tert-OH is 2. The van der Waals surface area contributed by atoms with Crippen molar-refractivity contribution in [2.24, 2.45) is 11.8 Å². The molecule has 0 saturated heterocycles. The molecule has 13 heteroatoms. The molecule has 280 valence electrons. The second-order valence-corrected chi connectivity index (χ2v) is 14.2. The van der Waals surface area contributed by atoms with Gasteiger partial charge in [0.1, 0.15) is 30.8 Å². The lowest BCUT2D eigenvalue weighted by Crippen LogP contribution is -2.59. The number of rotatable bonds is 18. The van der Waals surface area contributed by atoms with Crippen LogP contribution in [0.5, 0.6) is 0 Å². The highest BCUT2D eigenvalue weighted by molar-refractivity contribution is 5.94. The summed E-state index contributed by atoms with van der Waals surface area (Å²) >= 11 is 0. The van der Waals surface area contributed by atoms with E-state index in [-0.39, 0.29) is 25.4 Å². The van der Waals surface area contributed by atoms with E-state index in [2.05, 4.69) is 31.2 Å². The SMILES string of the molecule is C[C@@H](NC(=O)OCc1ccccc1)C(=O)N[C@@H](Cc1ccccc1)C(=O)N[C@@H](Cc1cnc[nH]1)C(=O)N[C@@H](CC1CCCCC1)[C@@H](O)[C@@H](O)C1CC1. The van der Waals surface area contributed by atoms with Crippen molar-refractivity contribution in [1.82, 2.24) is 31.2 Å². The fourth-order valence-corrected chi connectivity index (χ4v) is 6.76. The minimum Gasteiger partial charge on any atom is -0.445 e. The predicted octanol–water partition coefficient (Wildman–Crippen LogP) is 3.07. The Hall–Kier alpha value is -4.75. The first-order chi connectivity index (χ1) is 25.2. The van der Waals surface area contributed by atoms with Crippen LogP contribution >= 0.6 is 0 Å². The number of benzene rings is 2. The molecular formula is C39H52N6O7. The Balaban J connectivity index is 1.28. The van der Waals surface area contributed by atoms with Crippen LogP contribution in [0.3, 0.4) is 0 Å². The van der Waals surface area contributed by atoms with Crippen LogP contribution in [0.15, 0.2) is 73.2 Å². The number of amides is 4. The summed E-state index contributed by atoms with van der Waals surface area (Å²) in [5.74, 6) is -1.44. The number of alkyl carbamates (subject to hydrolysis) is 1. The first-order valence-electron chi connectivity index (χ1n) is 18.4. The van der Waals surface area contributed by atoms with Gasteiger partial charge in [0.2, 0.25) is 17.7 Å². The summed E-state index contributed by atoms with van der Waals surface area (Å²) in [6.45, 7) is 1.51. The Kier molecular flexibility index (Phi) is 14.2. The topological polar surface area (TPSA) is 195 Å². The van der Waals surface area contributed by atoms with E-state index >= 15 is 0 Å². The third-order valence-electron chi connectivity index (χ3n) is 9.97. The highest BCUT2D eigenvalue weighted by atomic mass is 16.5. The van der Waals surface area contributed by atoms with E-state index < -0.39 is 60.2 Å². The third-order valence-corrected chi connectivity index (χ3v) is 9.97. The van der Waals surface area contributed by atoms with Gasteiger partial charge in [-0.1, -0.05) is 92.8 Å². The smallest absolute Gasteiger partial charge is 0.408 e. The summed E-state index contributed by atoms with van der Waals surface area (Å²) in [7, 11) is 0. The molecule has 5 rings (SSSR count). The molecule has 0 aliphatic heterocycles. The first-order valence-corrected chi connectivity index (χ1v) is 18.4. The molecule has 1 heterocycles. The number of aromatic nitrogens is 2. The van der Waals surface area contributed by atoms with Crippen LogP contribution in [0.4, 0.5) is 4.79 Å². The van der Waals surface area contributed by atoms with Crippen molar-refractivity contribution in [2.75, 3.05) is 0 Å². The van der Waals surface area contributed by atoms with Crippen LogP contribution in [0.1, 0.15) is 75.1 Å². The number of aromatic amines is 1. The maximum Gasteiger partial charge on any atom is 0.408 e. The average molecular weight is 717 g/mol. The third kappa shape index (κ3) is 11.9. The standard InChI is InChI=1S/C39H52N6O7/c1-25(42-39(51)52-23-28-15-9-4-10-16-28)36(48)44-32(20-27-13-7-3-8-14-27)37(49)45-33(21-30-22-40-24-41-30)38(50)43-31(19-26-11-5-2-6-12-26)35(47)34(46)29-17-18-29/h3-4,7-10,13-16,22,24-26,29,31-35,46-47H,2,5-6,11-12,17-21,23H2,1H3,(H,40,41)(H,42,51)(H,43,50)(H,44,48)(H,45,49)/t25-,31+,32+,33+,34+,35-/m1/s1. The first kappa shape index (κ1) is 38.5. The number of aliphatic hydroxyl groups is 2. The molecule has 2 aliphatic rings. The van der Waals surface area contributed by atoms with Gasteiger partial charge in [-0.2, -0.15) is 0 Å². The summed E-state index contributed by atoms with van der Waals surface area (Å²) in [6.07, 6.45) is 7.82. The number of hydrogen-bond donors (Lipinski definition) is 7. The van der Waals surface area contributed by atoms with E-state index in [0.29, 0.717) is 18.0 Å². The highest BCUT2D eigenvalue weighted by Gasteiger charge is 2.40. The van der Waals surface area contributed by atoms with Gasteiger partial charge in [-0.25, -0.2) is 9.78 Å². The fraction of sp³-hybridized carbons (Fsp3) is 0.513. The monoisotopic (exact) mass is 716 g/mol. The van der Waals surface area contributed by atoms with Gasteiger partial charge in [-0.3, -0.25) is 14.4 Å². The van der Waals surface area contributed by atoms with Crippen LogP contribution in [-0.4, -0.2) is 80.4 Å². The van der Waals surface area contributed by atoms with Gasteiger partial charge in [0.05, 0.1) is 18.5 Å². The summed E-state index contributed by atoms with van der Waals surface area (Å²) in [5, 5.41) is 33.3. The molecule has 2 fully saturated rings. The van der Waals surface area contributed by atoms with Crippen molar-refractivity contribution in [3.8, 4) is 0 Å². The molecule has 0 spiro atoms. The van der Waals surface area contributed by atoms with E-state index in [0.717, 1.165) is 56.1 Å². The Morgan fingerprint density at radius 3 is 2.04 bits per heavy atom. The molecule has 52 heavy (non-hydrogen) atoms. The van der Waals surface area contributed by atoms with E-state index in [1.165, 1.54) is 13.3 Å². The van der Waals surface area contributed by atoms with E-state index in [4.69, 9.17) is 4.74 Å². The van der Waals surface area contributed by atoms with Crippen LogP contribution in [0.2, 0.25) is 0 Å². The molecule has 2 aliphatic carbocycles. The number of hydrogen-bond acceptors (Lipinski definition) is 8. The Bertz CT molecular complexity index is 1560. The Labute approximate surface area is 304 Å². The van der Waals surface area contributed by atoms with Crippen molar-refractivity contribution in [3.05, 3.63) is 90.0 Å². The lowest BCUT2D eigenvalue weighted by molar-refractivity contribution is -0.133. The minimum atomic E-state index is -1.15. The van der Waals surface area contributed by atoms with Crippen molar-refractivity contribution >= 4 is 23.8 Å². The fourth-order valence-electron chi connectivity index (χ4n) is 6.76. The molecule has 0 unspecified atom stereocenters. The number of nitrogens with one attached hydrogen (secondary N) is 5. The Morgan fingerprint density at radius 1 is 0.788 bits per heavy atom. The van der Waals surface area contributed by atoms with Gasteiger partial charge < -0.3 is 41.2 Å². The molecule has 2 aromatic carbocycles. The second-order valence-electron chi connectivity index (χ2n) is 14.2. The van der Waals surface area contributed by atoms with Gasteiger partial charge in [0, 0.05) is 24.7 Å². The lowest BCUT2D eigenvalue weighted by atomic mass is 9.82. The van der Waals surface area contributed by atoms with Crippen LogP contribution in [0.25, 0.3) is 0 Å². The zero-order valence-corrected chi connectivity index (χ0v) is 29.7. The van der Waals surface area contributed by atoms with Gasteiger partial charge in [-0.05, 0) is 49.1 Å². The van der Waals surface area contributed by atoms with Crippen molar-refractivity contribution in [3.63, 3.8) is 0 Å². The molecule has 4 amide bonds. The maximum atomic E-state index is 14.1. The normalized spacial score (nSPS) is 18.1. The maximum absolute atomic E-state index is 14.1. The molecular weight excluding hydrogens is 664 g/mol. The molecule has 1 aromatic heterocycles. The van der Waals surface area contributed by atoms with Gasteiger partial charge in [-0.15, -0.1) is 0 Å². The summed E-state index contributed by atoms with van der Waals surface area (Å²) in [4.78, 5) is 61.0.